The normalized spacial score (nSPS) is 11.9. The lowest BCUT2D eigenvalue weighted by atomic mass is 10.1. The van der Waals surface area contributed by atoms with Crippen molar-refractivity contribution in [3.05, 3.63) is 46.8 Å². The molecular weight excluding hydrogens is 342 g/mol. The molecule has 0 aliphatic carbocycles. The van der Waals surface area contributed by atoms with Crippen LogP contribution in [0.25, 0.3) is 0 Å². The molecule has 0 radical (unpaired) electrons. The summed E-state index contributed by atoms with van der Waals surface area (Å²) in [6.07, 6.45) is 0. The highest BCUT2D eigenvalue weighted by Crippen LogP contribution is 2.22. The number of halogens is 2. The second-order valence-corrected chi connectivity index (χ2v) is 6.14. The fraction of sp³-hybridized carbons (Fsp3) is 0.444. The first-order valence-corrected chi connectivity index (χ1v) is 8.33. The Kier molecular flexibility index (Phi) is 6.94. The summed E-state index contributed by atoms with van der Waals surface area (Å²) in [5, 5.41) is 10.2. The predicted octanol–water partition coefficient (Wildman–Crippen LogP) is 3.57. The molecule has 2 aromatic rings. The van der Waals surface area contributed by atoms with Gasteiger partial charge in [-0.05, 0) is 18.9 Å². The maximum absolute atomic E-state index is 12.5. The van der Waals surface area contributed by atoms with Gasteiger partial charge in [0.2, 0.25) is 0 Å². The van der Waals surface area contributed by atoms with Crippen LogP contribution in [0.2, 0.25) is 0 Å². The van der Waals surface area contributed by atoms with Gasteiger partial charge in [0, 0.05) is 25.2 Å². The van der Waals surface area contributed by atoms with Crippen molar-refractivity contribution in [1.29, 1.82) is 0 Å². The molecule has 1 heterocycles. The van der Waals surface area contributed by atoms with E-state index in [4.69, 9.17) is 4.52 Å². The van der Waals surface area contributed by atoms with Gasteiger partial charge in [0.25, 0.3) is 0 Å². The lowest BCUT2D eigenvalue weighted by molar-refractivity contribution is -0.0504. The largest absolute Gasteiger partial charge is 0.434 e. The van der Waals surface area contributed by atoms with E-state index < -0.39 is 6.61 Å². The number of guanidine groups is 1. The third-order valence-corrected chi connectivity index (χ3v) is 3.70. The van der Waals surface area contributed by atoms with Crippen molar-refractivity contribution in [1.82, 2.24) is 15.8 Å². The zero-order chi connectivity index (χ0) is 19.1. The van der Waals surface area contributed by atoms with Gasteiger partial charge >= 0.3 is 6.61 Å². The van der Waals surface area contributed by atoms with Gasteiger partial charge in [-0.2, -0.15) is 8.78 Å². The maximum Gasteiger partial charge on any atom is 0.387 e. The Hall–Kier alpha value is -2.64. The standard InChI is InChI=1S/C18H24F2N4O2/c1-11(2)15-8-14(26-24-15)10-23-18(21-4)22-9-13-7-12(3)5-6-16(13)25-17(19)20/h5-8,11,17H,9-10H2,1-4H3,(H2,21,22,23). The summed E-state index contributed by atoms with van der Waals surface area (Å²) >= 11 is 0. The van der Waals surface area contributed by atoms with Crippen LogP contribution < -0.4 is 15.4 Å². The van der Waals surface area contributed by atoms with Crippen molar-refractivity contribution in [2.24, 2.45) is 4.99 Å². The number of aromatic nitrogens is 1. The zero-order valence-corrected chi connectivity index (χ0v) is 15.3. The number of hydrogen-bond donors (Lipinski definition) is 2. The average molecular weight is 366 g/mol. The summed E-state index contributed by atoms with van der Waals surface area (Å²) in [7, 11) is 1.63. The minimum atomic E-state index is -2.87. The van der Waals surface area contributed by atoms with Gasteiger partial charge in [-0.15, -0.1) is 0 Å². The van der Waals surface area contributed by atoms with Crippen molar-refractivity contribution in [2.45, 2.75) is 46.4 Å². The van der Waals surface area contributed by atoms with Crippen molar-refractivity contribution >= 4 is 5.96 Å². The van der Waals surface area contributed by atoms with Gasteiger partial charge in [0.05, 0.1) is 12.2 Å². The molecule has 0 saturated heterocycles. The summed E-state index contributed by atoms with van der Waals surface area (Å²) < 4.78 is 34.9. The van der Waals surface area contributed by atoms with Gasteiger partial charge in [0.15, 0.2) is 11.7 Å². The monoisotopic (exact) mass is 366 g/mol. The first kappa shape index (κ1) is 19.7. The number of rotatable bonds is 7. The van der Waals surface area contributed by atoms with Crippen molar-refractivity contribution < 1.29 is 18.0 Å². The van der Waals surface area contributed by atoms with Crippen LogP contribution in [0.4, 0.5) is 8.78 Å². The SMILES string of the molecule is CN=C(NCc1cc(C(C)C)no1)NCc1cc(C)ccc1OC(F)F. The van der Waals surface area contributed by atoms with Crippen LogP contribution in [0.3, 0.4) is 0 Å². The Morgan fingerprint density at radius 2 is 1.96 bits per heavy atom. The Bertz CT molecular complexity index is 745. The summed E-state index contributed by atoms with van der Waals surface area (Å²) in [6, 6.07) is 6.95. The second-order valence-electron chi connectivity index (χ2n) is 6.14. The third-order valence-electron chi connectivity index (χ3n) is 3.70. The maximum atomic E-state index is 12.5. The van der Waals surface area contributed by atoms with Crippen LogP contribution in [0.15, 0.2) is 33.8 Å². The molecule has 8 heteroatoms. The molecule has 0 atom stereocenters. The van der Waals surface area contributed by atoms with E-state index in [9.17, 15) is 8.78 Å². The molecule has 1 aromatic heterocycles. The molecule has 1 aromatic carbocycles. The smallest absolute Gasteiger partial charge is 0.387 e. The first-order valence-electron chi connectivity index (χ1n) is 8.33. The predicted molar refractivity (Wildman–Crippen MR) is 95.4 cm³/mol. The van der Waals surface area contributed by atoms with Gasteiger partial charge < -0.3 is 19.9 Å². The molecule has 2 N–H and O–H groups in total. The topological polar surface area (TPSA) is 71.7 Å². The highest BCUT2D eigenvalue weighted by Gasteiger charge is 2.11. The number of aliphatic imine (C=N–C) groups is 1. The number of ether oxygens (including phenoxy) is 1. The molecule has 0 aliphatic rings. The van der Waals surface area contributed by atoms with E-state index in [-0.39, 0.29) is 12.3 Å². The Balaban J connectivity index is 1.95. The van der Waals surface area contributed by atoms with E-state index in [0.717, 1.165) is 11.3 Å². The molecule has 0 fully saturated rings. The quantitative estimate of drug-likeness (QED) is 0.579. The van der Waals surface area contributed by atoms with E-state index in [2.05, 4.69) is 25.5 Å². The highest BCUT2D eigenvalue weighted by atomic mass is 19.3. The Morgan fingerprint density at radius 3 is 2.58 bits per heavy atom. The molecule has 0 amide bonds. The molecule has 2 rings (SSSR count). The van der Waals surface area contributed by atoms with Crippen molar-refractivity contribution in [2.75, 3.05) is 7.05 Å². The van der Waals surface area contributed by atoms with Crippen LogP contribution in [0, 0.1) is 6.92 Å². The third kappa shape index (κ3) is 5.72. The number of hydrogen-bond acceptors (Lipinski definition) is 4. The van der Waals surface area contributed by atoms with Gasteiger partial charge in [0.1, 0.15) is 5.75 Å². The molecular formula is C18H24F2N4O2. The van der Waals surface area contributed by atoms with E-state index in [1.165, 1.54) is 6.07 Å². The van der Waals surface area contributed by atoms with Crippen LogP contribution in [-0.4, -0.2) is 24.8 Å². The zero-order valence-electron chi connectivity index (χ0n) is 15.3. The molecule has 0 saturated carbocycles. The number of nitrogens with zero attached hydrogens (tertiary/aromatic N) is 2. The average Bonchev–Trinajstić information content (AvgIpc) is 3.06. The van der Waals surface area contributed by atoms with Crippen LogP contribution >= 0.6 is 0 Å². The van der Waals surface area contributed by atoms with Crippen molar-refractivity contribution in [3.63, 3.8) is 0 Å². The number of aryl methyl sites for hydroxylation is 1. The molecule has 6 nitrogen and oxygen atoms in total. The van der Waals surface area contributed by atoms with Crippen LogP contribution in [0.1, 0.15) is 42.3 Å². The summed E-state index contributed by atoms with van der Waals surface area (Å²) in [5.41, 5.74) is 2.46. The van der Waals surface area contributed by atoms with Crippen molar-refractivity contribution in [3.8, 4) is 5.75 Å². The molecule has 0 unspecified atom stereocenters. The molecule has 0 aliphatic heterocycles. The van der Waals surface area contributed by atoms with E-state index in [0.29, 0.717) is 29.7 Å². The number of nitrogens with one attached hydrogen (secondary N) is 2. The number of alkyl halides is 2. The molecule has 0 spiro atoms. The fourth-order valence-electron chi connectivity index (χ4n) is 2.31. The Morgan fingerprint density at radius 1 is 1.23 bits per heavy atom. The minimum absolute atomic E-state index is 0.144. The van der Waals surface area contributed by atoms with E-state index in [1.54, 1.807) is 19.2 Å². The lowest BCUT2D eigenvalue weighted by Crippen LogP contribution is -2.36. The van der Waals surface area contributed by atoms with E-state index >= 15 is 0 Å². The van der Waals surface area contributed by atoms with Crippen LogP contribution in [-0.2, 0) is 13.1 Å². The van der Waals surface area contributed by atoms with Crippen LogP contribution in [0.5, 0.6) is 5.75 Å². The highest BCUT2D eigenvalue weighted by molar-refractivity contribution is 5.79. The minimum Gasteiger partial charge on any atom is -0.434 e. The number of benzene rings is 1. The van der Waals surface area contributed by atoms with Gasteiger partial charge in [-0.3, -0.25) is 4.99 Å². The van der Waals surface area contributed by atoms with E-state index in [1.807, 2.05) is 26.8 Å². The molecule has 142 valence electrons. The molecule has 0 bridgehead atoms. The summed E-state index contributed by atoms with van der Waals surface area (Å²) in [6.45, 7) is 3.80. The first-order chi connectivity index (χ1) is 12.4. The lowest BCUT2D eigenvalue weighted by Gasteiger charge is -2.14. The van der Waals surface area contributed by atoms with Gasteiger partial charge in [-0.25, -0.2) is 0 Å². The molecule has 26 heavy (non-hydrogen) atoms. The summed E-state index contributed by atoms with van der Waals surface area (Å²) in [4.78, 5) is 4.12. The Labute approximate surface area is 151 Å². The fourth-order valence-corrected chi connectivity index (χ4v) is 2.31. The van der Waals surface area contributed by atoms with Gasteiger partial charge in [-0.1, -0.05) is 36.7 Å². The second kappa shape index (κ2) is 9.17. The summed E-state index contributed by atoms with van der Waals surface area (Å²) in [5.74, 6) is 1.64.